The Kier molecular flexibility index (Phi) is 44.4. The van der Waals surface area contributed by atoms with Crippen molar-refractivity contribution in [2.24, 2.45) is 0 Å². The fourth-order valence-electron chi connectivity index (χ4n) is 6.89. The van der Waals surface area contributed by atoms with Gasteiger partial charge in [-0.3, -0.25) is 13.8 Å². The summed E-state index contributed by atoms with van der Waals surface area (Å²) < 4.78 is 35.1. The molecule has 0 spiro atoms. The summed E-state index contributed by atoms with van der Waals surface area (Å²) in [5.41, 5.74) is 0. The second kappa shape index (κ2) is 45.8. The van der Waals surface area contributed by atoms with Crippen LogP contribution in [0.4, 0.5) is 0 Å². The molecule has 0 aliphatic heterocycles. The first-order valence-corrected chi connectivity index (χ1v) is 27.0. The molecule has 1 N–H and O–H groups in total. The van der Waals surface area contributed by atoms with Gasteiger partial charge in [-0.25, -0.2) is 4.57 Å². The summed E-state index contributed by atoms with van der Waals surface area (Å²) in [5, 5.41) is 0. The quantitative estimate of drug-likeness (QED) is 0.0214. The highest BCUT2D eigenvalue weighted by Gasteiger charge is 2.26. The molecule has 0 radical (unpaired) electrons. The number of allylic oxidation sites excluding steroid dienone is 10. The topological polar surface area (TPSA) is 91.3 Å². The second-order valence-corrected chi connectivity index (χ2v) is 19.6. The van der Waals surface area contributed by atoms with E-state index in [1.165, 1.54) is 135 Å². The SMILES string of the molecule is CC/C=C\C/C=C\C/C=C\C/C=C\CCCCCCCCCCCCCCC(=O)OC(COCCCCCCCC/C=C\CCCCCCC)COP(=O)(O)OCC[N+](C)(C)C. The second-order valence-electron chi connectivity index (χ2n) is 18.2. The van der Waals surface area contributed by atoms with Crippen LogP contribution in [0.1, 0.15) is 213 Å². The molecule has 8 nitrogen and oxygen atoms in total. The Labute approximate surface area is 383 Å². The van der Waals surface area contributed by atoms with Crippen LogP contribution in [0.5, 0.6) is 0 Å². The number of ether oxygens (including phenoxy) is 2. The minimum atomic E-state index is -4.28. The van der Waals surface area contributed by atoms with Gasteiger partial charge in [0.05, 0.1) is 34.4 Å². The predicted octanol–water partition coefficient (Wildman–Crippen LogP) is 15.7. The maximum absolute atomic E-state index is 12.8. The van der Waals surface area contributed by atoms with Crippen LogP contribution in [-0.2, 0) is 27.9 Å². The molecule has 0 fully saturated rings. The number of likely N-dealkylation sites (N-methyl/N-ethyl adjacent to an activating group) is 1. The standard InChI is InChI=1S/C53H98NO7P/c1-6-8-10-12-14-16-18-20-22-23-24-25-26-27-28-29-30-31-32-34-36-38-40-42-44-46-53(55)61-52(51-60-62(56,57)59-49-47-54(3,4)5)50-58-48-45-43-41-39-37-35-33-21-19-17-15-13-11-9-7-2/h8,10,14,16,19-22,24-25,52H,6-7,9,11-13,15,17-18,23,26-51H2,1-5H3/p+1/b10-8-,16-14-,21-19-,22-20-,25-24-. The van der Waals surface area contributed by atoms with Crippen LogP contribution in [0, 0.1) is 0 Å². The Morgan fingerprint density at radius 2 is 0.935 bits per heavy atom. The third-order valence-corrected chi connectivity index (χ3v) is 11.8. The number of hydrogen-bond donors (Lipinski definition) is 1. The summed E-state index contributed by atoms with van der Waals surface area (Å²) in [4.78, 5) is 23.0. The zero-order chi connectivity index (χ0) is 45.5. The fraction of sp³-hybridized carbons (Fsp3) is 0.792. The molecule has 0 aromatic heterocycles. The molecule has 2 unspecified atom stereocenters. The van der Waals surface area contributed by atoms with E-state index in [-0.39, 0.29) is 25.8 Å². The van der Waals surface area contributed by atoms with Crippen molar-refractivity contribution in [2.75, 3.05) is 54.1 Å². The summed E-state index contributed by atoms with van der Waals surface area (Å²) in [6.45, 7) is 5.50. The maximum atomic E-state index is 12.8. The zero-order valence-electron chi connectivity index (χ0n) is 41.1. The first-order valence-electron chi connectivity index (χ1n) is 25.5. The number of quaternary nitrogens is 1. The minimum Gasteiger partial charge on any atom is -0.457 e. The van der Waals surface area contributed by atoms with Crippen molar-refractivity contribution in [2.45, 2.75) is 219 Å². The van der Waals surface area contributed by atoms with Gasteiger partial charge >= 0.3 is 13.8 Å². The van der Waals surface area contributed by atoms with Crippen molar-refractivity contribution < 1.29 is 37.3 Å². The molecule has 362 valence electrons. The van der Waals surface area contributed by atoms with E-state index in [2.05, 4.69) is 74.6 Å². The van der Waals surface area contributed by atoms with E-state index in [0.29, 0.717) is 24.1 Å². The van der Waals surface area contributed by atoms with Gasteiger partial charge in [-0.1, -0.05) is 190 Å². The summed E-state index contributed by atoms with van der Waals surface area (Å²) in [6.07, 6.45) is 58.3. The summed E-state index contributed by atoms with van der Waals surface area (Å²) in [7, 11) is 1.66. The molecule has 62 heavy (non-hydrogen) atoms. The molecule has 0 aliphatic carbocycles. The van der Waals surface area contributed by atoms with Gasteiger partial charge in [0.15, 0.2) is 0 Å². The predicted molar refractivity (Wildman–Crippen MR) is 266 cm³/mol. The van der Waals surface area contributed by atoms with E-state index in [1.54, 1.807) is 0 Å². The number of phosphoric ester groups is 1. The van der Waals surface area contributed by atoms with Crippen molar-refractivity contribution in [3.05, 3.63) is 60.8 Å². The third kappa shape index (κ3) is 49.2. The smallest absolute Gasteiger partial charge is 0.457 e. The van der Waals surface area contributed by atoms with Gasteiger partial charge in [0.2, 0.25) is 0 Å². The number of carbonyl (C=O) groups is 1. The maximum Gasteiger partial charge on any atom is 0.472 e. The molecular weight excluding hydrogens is 794 g/mol. The minimum absolute atomic E-state index is 0.0857. The molecule has 0 amide bonds. The molecular formula is C53H99NO7P+. The molecule has 0 saturated carbocycles. The van der Waals surface area contributed by atoms with Gasteiger partial charge in [-0.2, -0.15) is 0 Å². The molecule has 0 rings (SSSR count). The molecule has 0 bridgehead atoms. The van der Waals surface area contributed by atoms with E-state index in [1.807, 2.05) is 21.1 Å². The average Bonchev–Trinajstić information content (AvgIpc) is 3.23. The number of nitrogens with zero attached hydrogens (tertiary/aromatic N) is 1. The molecule has 0 heterocycles. The van der Waals surface area contributed by atoms with Crippen LogP contribution in [0.25, 0.3) is 0 Å². The fourth-order valence-corrected chi connectivity index (χ4v) is 7.63. The highest BCUT2D eigenvalue weighted by Crippen LogP contribution is 2.43. The Balaban J connectivity index is 4.11. The lowest BCUT2D eigenvalue weighted by atomic mass is 10.0. The molecule has 2 atom stereocenters. The Morgan fingerprint density at radius 3 is 1.42 bits per heavy atom. The largest absolute Gasteiger partial charge is 0.472 e. The van der Waals surface area contributed by atoms with Crippen molar-refractivity contribution in [3.8, 4) is 0 Å². The summed E-state index contributed by atoms with van der Waals surface area (Å²) in [6, 6.07) is 0. The molecule has 0 aromatic carbocycles. The van der Waals surface area contributed by atoms with Crippen LogP contribution >= 0.6 is 7.82 Å². The van der Waals surface area contributed by atoms with Gasteiger partial charge < -0.3 is 18.9 Å². The van der Waals surface area contributed by atoms with Crippen molar-refractivity contribution in [1.29, 1.82) is 0 Å². The van der Waals surface area contributed by atoms with Crippen molar-refractivity contribution >= 4 is 13.8 Å². The molecule has 9 heteroatoms. The van der Waals surface area contributed by atoms with E-state index >= 15 is 0 Å². The van der Waals surface area contributed by atoms with Crippen LogP contribution in [0.3, 0.4) is 0 Å². The highest BCUT2D eigenvalue weighted by molar-refractivity contribution is 7.47. The lowest BCUT2D eigenvalue weighted by Gasteiger charge is -2.24. The number of esters is 1. The Hall–Kier alpha value is -1.80. The van der Waals surface area contributed by atoms with Crippen LogP contribution in [0.2, 0.25) is 0 Å². The van der Waals surface area contributed by atoms with Gasteiger partial charge in [0.25, 0.3) is 0 Å². The van der Waals surface area contributed by atoms with Gasteiger partial charge in [0.1, 0.15) is 19.3 Å². The lowest BCUT2D eigenvalue weighted by molar-refractivity contribution is -0.870. The number of rotatable bonds is 47. The third-order valence-electron chi connectivity index (χ3n) is 10.8. The van der Waals surface area contributed by atoms with E-state index in [9.17, 15) is 14.3 Å². The lowest BCUT2D eigenvalue weighted by Crippen LogP contribution is -2.37. The van der Waals surface area contributed by atoms with Gasteiger partial charge in [-0.15, -0.1) is 0 Å². The number of phosphoric acid groups is 1. The van der Waals surface area contributed by atoms with Crippen LogP contribution < -0.4 is 0 Å². The van der Waals surface area contributed by atoms with Gasteiger partial charge in [0, 0.05) is 13.0 Å². The highest BCUT2D eigenvalue weighted by atomic mass is 31.2. The molecule has 0 saturated heterocycles. The molecule has 0 aliphatic rings. The van der Waals surface area contributed by atoms with Crippen LogP contribution in [-0.4, -0.2) is 75.6 Å². The Morgan fingerprint density at radius 1 is 0.516 bits per heavy atom. The molecule has 0 aromatic rings. The monoisotopic (exact) mass is 893 g/mol. The van der Waals surface area contributed by atoms with E-state index in [0.717, 1.165) is 57.8 Å². The van der Waals surface area contributed by atoms with Crippen LogP contribution in [0.15, 0.2) is 60.8 Å². The summed E-state index contributed by atoms with van der Waals surface area (Å²) >= 11 is 0. The van der Waals surface area contributed by atoms with Crippen molar-refractivity contribution in [1.82, 2.24) is 0 Å². The van der Waals surface area contributed by atoms with Crippen molar-refractivity contribution in [3.63, 3.8) is 0 Å². The Bertz CT molecular complexity index is 1170. The first kappa shape index (κ1) is 60.2. The first-order chi connectivity index (χ1) is 30.1. The van der Waals surface area contributed by atoms with E-state index < -0.39 is 13.9 Å². The normalized spacial score (nSPS) is 14.1. The summed E-state index contributed by atoms with van der Waals surface area (Å²) in [5.74, 6) is -0.318. The number of hydrogen-bond acceptors (Lipinski definition) is 6. The zero-order valence-corrected chi connectivity index (χ0v) is 42.0. The number of unbranched alkanes of at least 4 members (excludes halogenated alkanes) is 23. The van der Waals surface area contributed by atoms with E-state index in [4.69, 9.17) is 18.5 Å². The number of carbonyl (C=O) groups excluding carboxylic acids is 1. The average molecular weight is 893 g/mol. The van der Waals surface area contributed by atoms with Gasteiger partial charge in [-0.05, 0) is 77.0 Å².